The van der Waals surface area contributed by atoms with Crippen LogP contribution in [0.1, 0.15) is 23.2 Å². The van der Waals surface area contributed by atoms with Crippen LogP contribution >= 0.6 is 11.6 Å². The predicted molar refractivity (Wildman–Crippen MR) is 65.5 cm³/mol. The van der Waals surface area contributed by atoms with Gasteiger partial charge in [0.2, 0.25) is 0 Å². The molecular formula is C12H13ClN2O. The number of benzene rings is 1. The van der Waals surface area contributed by atoms with Crippen molar-refractivity contribution in [3.8, 4) is 0 Å². The van der Waals surface area contributed by atoms with E-state index in [4.69, 9.17) is 17.3 Å². The molecule has 16 heavy (non-hydrogen) atoms. The molecule has 0 saturated carbocycles. The zero-order valence-corrected chi connectivity index (χ0v) is 9.50. The molecule has 4 heteroatoms. The molecule has 0 fully saturated rings. The summed E-state index contributed by atoms with van der Waals surface area (Å²) in [5.74, 6) is -0.197. The molecule has 2 rings (SSSR count). The first-order valence-electron chi connectivity index (χ1n) is 5.18. The van der Waals surface area contributed by atoms with E-state index < -0.39 is 0 Å². The van der Waals surface area contributed by atoms with E-state index in [1.165, 1.54) is 0 Å². The van der Waals surface area contributed by atoms with Crippen molar-refractivity contribution in [1.82, 2.24) is 5.32 Å². The quantitative estimate of drug-likeness (QED) is 0.612. The monoisotopic (exact) mass is 236 g/mol. The van der Waals surface area contributed by atoms with Crippen LogP contribution in [0.3, 0.4) is 0 Å². The molecule has 0 aromatic heterocycles. The number of halogens is 1. The van der Waals surface area contributed by atoms with Crippen LogP contribution in [0.2, 0.25) is 5.02 Å². The Hall–Kier alpha value is -1.48. The normalized spacial score (nSPS) is 15.3. The summed E-state index contributed by atoms with van der Waals surface area (Å²) in [6.07, 6.45) is 5.86. The van der Waals surface area contributed by atoms with Gasteiger partial charge in [-0.15, -0.1) is 0 Å². The van der Waals surface area contributed by atoms with Crippen LogP contribution < -0.4 is 11.1 Å². The Bertz CT molecular complexity index is 414. The van der Waals surface area contributed by atoms with Crippen molar-refractivity contribution in [2.24, 2.45) is 0 Å². The summed E-state index contributed by atoms with van der Waals surface area (Å²) in [4.78, 5) is 11.9. The molecule has 0 atom stereocenters. The van der Waals surface area contributed by atoms with Crippen LogP contribution in [0, 0.1) is 0 Å². The summed E-state index contributed by atoms with van der Waals surface area (Å²) in [6, 6.07) is 5.24. The first kappa shape index (κ1) is 11.0. The molecule has 1 aromatic carbocycles. The first-order chi connectivity index (χ1) is 7.68. The Morgan fingerprint density at radius 3 is 2.69 bits per heavy atom. The highest BCUT2D eigenvalue weighted by molar-refractivity contribution is 6.34. The summed E-state index contributed by atoms with van der Waals surface area (Å²) in [5.41, 5.74) is 6.52. The smallest absolute Gasteiger partial charge is 0.255 e. The topological polar surface area (TPSA) is 55.1 Å². The number of hydrogen-bond acceptors (Lipinski definition) is 2. The van der Waals surface area contributed by atoms with Crippen molar-refractivity contribution in [2.75, 3.05) is 5.73 Å². The van der Waals surface area contributed by atoms with Gasteiger partial charge in [-0.25, -0.2) is 0 Å². The molecule has 84 valence electrons. The van der Waals surface area contributed by atoms with E-state index in [0.717, 1.165) is 12.8 Å². The van der Waals surface area contributed by atoms with Gasteiger partial charge in [0.1, 0.15) is 0 Å². The van der Waals surface area contributed by atoms with Gasteiger partial charge in [0.25, 0.3) is 5.91 Å². The van der Waals surface area contributed by atoms with E-state index in [2.05, 4.69) is 17.5 Å². The van der Waals surface area contributed by atoms with Crippen molar-refractivity contribution < 1.29 is 4.79 Å². The van der Waals surface area contributed by atoms with Crippen LogP contribution in [0.25, 0.3) is 0 Å². The maximum atomic E-state index is 11.9. The zero-order valence-electron chi connectivity index (χ0n) is 8.74. The first-order valence-corrected chi connectivity index (χ1v) is 5.56. The molecule has 0 radical (unpaired) electrons. The molecule has 0 unspecified atom stereocenters. The summed E-state index contributed by atoms with van der Waals surface area (Å²) in [5, 5.41) is 3.30. The van der Waals surface area contributed by atoms with E-state index in [1.807, 2.05) is 0 Å². The Morgan fingerprint density at radius 1 is 1.38 bits per heavy atom. The molecule has 1 aliphatic carbocycles. The number of nitrogen functional groups attached to an aromatic ring is 1. The molecule has 3 N–H and O–H groups in total. The van der Waals surface area contributed by atoms with E-state index >= 15 is 0 Å². The SMILES string of the molecule is Nc1cccc(Cl)c1C(=O)NC1CC=CC1. The minimum atomic E-state index is -0.197. The fraction of sp³-hybridized carbons (Fsp3) is 0.250. The average molecular weight is 237 g/mol. The zero-order chi connectivity index (χ0) is 11.5. The lowest BCUT2D eigenvalue weighted by Gasteiger charge is -2.14. The fourth-order valence-corrected chi connectivity index (χ4v) is 2.04. The van der Waals surface area contributed by atoms with Gasteiger partial charge in [-0.3, -0.25) is 4.79 Å². The van der Waals surface area contributed by atoms with Crippen LogP contribution in [-0.4, -0.2) is 11.9 Å². The number of nitrogens with one attached hydrogen (secondary N) is 1. The van der Waals surface area contributed by atoms with Crippen molar-refractivity contribution >= 4 is 23.2 Å². The van der Waals surface area contributed by atoms with E-state index in [-0.39, 0.29) is 11.9 Å². The van der Waals surface area contributed by atoms with Crippen molar-refractivity contribution in [1.29, 1.82) is 0 Å². The molecule has 0 aliphatic heterocycles. The van der Waals surface area contributed by atoms with Gasteiger partial charge in [0.15, 0.2) is 0 Å². The molecular weight excluding hydrogens is 224 g/mol. The predicted octanol–water partition coefficient (Wildman–Crippen LogP) is 2.37. The molecule has 3 nitrogen and oxygen atoms in total. The standard InChI is InChI=1S/C12H13ClN2O/c13-9-6-3-7-10(14)11(9)12(16)15-8-4-1-2-5-8/h1-3,6-8H,4-5,14H2,(H,15,16). The summed E-state index contributed by atoms with van der Waals surface area (Å²) >= 11 is 5.95. The van der Waals surface area contributed by atoms with E-state index in [9.17, 15) is 4.79 Å². The molecule has 0 bridgehead atoms. The lowest BCUT2D eigenvalue weighted by Crippen LogP contribution is -2.33. The van der Waals surface area contributed by atoms with Crippen LogP contribution in [0.5, 0.6) is 0 Å². The molecule has 1 aliphatic rings. The molecule has 0 saturated heterocycles. The third-order valence-electron chi connectivity index (χ3n) is 2.62. The number of carbonyl (C=O) groups excluding carboxylic acids is 1. The average Bonchev–Trinajstić information content (AvgIpc) is 2.70. The summed E-state index contributed by atoms with van der Waals surface area (Å²) < 4.78 is 0. The van der Waals surface area contributed by atoms with E-state index in [1.54, 1.807) is 18.2 Å². The van der Waals surface area contributed by atoms with Crippen LogP contribution in [0.15, 0.2) is 30.4 Å². The van der Waals surface area contributed by atoms with Gasteiger partial charge in [0.05, 0.1) is 10.6 Å². The summed E-state index contributed by atoms with van der Waals surface area (Å²) in [7, 11) is 0. The number of anilines is 1. The number of nitrogens with two attached hydrogens (primary N) is 1. The second-order valence-electron chi connectivity index (χ2n) is 3.82. The highest BCUT2D eigenvalue weighted by atomic mass is 35.5. The van der Waals surface area contributed by atoms with Crippen molar-refractivity contribution in [2.45, 2.75) is 18.9 Å². The highest BCUT2D eigenvalue weighted by Gasteiger charge is 2.18. The lowest BCUT2D eigenvalue weighted by molar-refractivity contribution is 0.0940. The van der Waals surface area contributed by atoms with E-state index in [0.29, 0.717) is 16.3 Å². The second kappa shape index (κ2) is 4.58. The maximum absolute atomic E-state index is 11.9. The van der Waals surface area contributed by atoms with Gasteiger partial charge in [0, 0.05) is 11.7 Å². The Balaban J connectivity index is 2.14. The minimum Gasteiger partial charge on any atom is -0.398 e. The van der Waals surface area contributed by atoms with Crippen molar-refractivity contribution in [3.05, 3.63) is 40.9 Å². The Kier molecular flexibility index (Phi) is 3.15. The molecule has 0 heterocycles. The highest BCUT2D eigenvalue weighted by Crippen LogP contribution is 2.22. The van der Waals surface area contributed by atoms with Gasteiger partial charge < -0.3 is 11.1 Å². The fourth-order valence-electron chi connectivity index (χ4n) is 1.77. The maximum Gasteiger partial charge on any atom is 0.255 e. The lowest BCUT2D eigenvalue weighted by atomic mass is 10.1. The van der Waals surface area contributed by atoms with Crippen molar-refractivity contribution in [3.63, 3.8) is 0 Å². The van der Waals surface area contributed by atoms with Crippen LogP contribution in [-0.2, 0) is 0 Å². The molecule has 1 aromatic rings. The molecule has 0 spiro atoms. The second-order valence-corrected chi connectivity index (χ2v) is 4.22. The molecule has 1 amide bonds. The number of amides is 1. The Morgan fingerprint density at radius 2 is 2.06 bits per heavy atom. The number of hydrogen-bond donors (Lipinski definition) is 2. The minimum absolute atomic E-state index is 0.170. The van der Waals surface area contributed by atoms with Gasteiger partial charge in [-0.2, -0.15) is 0 Å². The number of carbonyl (C=O) groups is 1. The van der Waals surface area contributed by atoms with Gasteiger partial charge in [-0.1, -0.05) is 29.8 Å². The summed E-state index contributed by atoms with van der Waals surface area (Å²) in [6.45, 7) is 0. The van der Waals surface area contributed by atoms with Gasteiger partial charge in [-0.05, 0) is 25.0 Å². The van der Waals surface area contributed by atoms with Crippen LogP contribution in [0.4, 0.5) is 5.69 Å². The largest absolute Gasteiger partial charge is 0.398 e. The van der Waals surface area contributed by atoms with Gasteiger partial charge >= 0.3 is 0 Å². The third-order valence-corrected chi connectivity index (χ3v) is 2.93. The Labute approximate surface area is 99.3 Å². The number of rotatable bonds is 2. The third kappa shape index (κ3) is 2.19.